The molecule has 0 saturated heterocycles. The van der Waals surface area contributed by atoms with Gasteiger partial charge in [-0.1, -0.05) is 29.5 Å². The molecule has 4 heteroatoms. The molecule has 0 aliphatic heterocycles. The molecular formula is C12H9N3S. The maximum Gasteiger partial charge on any atom is 0.104 e. The van der Waals surface area contributed by atoms with E-state index in [4.69, 9.17) is 0 Å². The molecule has 0 unspecified atom stereocenters. The SMILES string of the molecule is c1ccc(-n2nncc2-c2cccs2)cc1. The molecule has 0 amide bonds. The fourth-order valence-corrected chi connectivity index (χ4v) is 2.31. The Morgan fingerprint density at radius 1 is 1.00 bits per heavy atom. The van der Waals surface area contributed by atoms with Crippen LogP contribution in [-0.4, -0.2) is 15.0 Å². The molecule has 0 saturated carbocycles. The van der Waals surface area contributed by atoms with Gasteiger partial charge in [-0.25, -0.2) is 4.68 Å². The first-order valence-corrected chi connectivity index (χ1v) is 5.83. The van der Waals surface area contributed by atoms with E-state index >= 15 is 0 Å². The molecule has 3 nitrogen and oxygen atoms in total. The van der Waals surface area contributed by atoms with Gasteiger partial charge in [0.2, 0.25) is 0 Å². The van der Waals surface area contributed by atoms with Gasteiger partial charge in [-0.05, 0) is 23.6 Å². The van der Waals surface area contributed by atoms with Crippen molar-refractivity contribution in [2.45, 2.75) is 0 Å². The normalized spacial score (nSPS) is 10.5. The summed E-state index contributed by atoms with van der Waals surface area (Å²) in [6, 6.07) is 14.1. The molecule has 0 bridgehead atoms. The van der Waals surface area contributed by atoms with Crippen molar-refractivity contribution in [1.29, 1.82) is 0 Å². The summed E-state index contributed by atoms with van der Waals surface area (Å²) in [5, 5.41) is 10.1. The van der Waals surface area contributed by atoms with Crippen LogP contribution in [0, 0.1) is 0 Å². The molecule has 0 aliphatic rings. The molecule has 0 N–H and O–H groups in total. The fourth-order valence-electron chi connectivity index (χ4n) is 1.59. The summed E-state index contributed by atoms with van der Waals surface area (Å²) in [6.07, 6.45) is 1.79. The van der Waals surface area contributed by atoms with Crippen LogP contribution in [0.25, 0.3) is 16.3 Å². The lowest BCUT2D eigenvalue weighted by Crippen LogP contribution is -1.97. The Labute approximate surface area is 97.0 Å². The average Bonchev–Trinajstić information content (AvgIpc) is 3.01. The van der Waals surface area contributed by atoms with Crippen molar-refractivity contribution in [3.8, 4) is 16.3 Å². The quantitative estimate of drug-likeness (QED) is 0.673. The van der Waals surface area contributed by atoms with Crippen molar-refractivity contribution in [1.82, 2.24) is 15.0 Å². The van der Waals surface area contributed by atoms with E-state index in [2.05, 4.69) is 21.8 Å². The van der Waals surface area contributed by atoms with Crippen LogP contribution in [0.15, 0.2) is 54.0 Å². The zero-order valence-electron chi connectivity index (χ0n) is 8.45. The Balaban J connectivity index is 2.14. The molecule has 1 aromatic carbocycles. The summed E-state index contributed by atoms with van der Waals surface area (Å²) in [7, 11) is 0. The van der Waals surface area contributed by atoms with Gasteiger partial charge in [-0.2, -0.15) is 0 Å². The molecule has 78 valence electrons. The van der Waals surface area contributed by atoms with Gasteiger partial charge in [0.1, 0.15) is 5.69 Å². The highest BCUT2D eigenvalue weighted by Gasteiger charge is 2.08. The van der Waals surface area contributed by atoms with E-state index in [-0.39, 0.29) is 0 Å². The Hall–Kier alpha value is -1.94. The van der Waals surface area contributed by atoms with Gasteiger partial charge in [0.05, 0.1) is 16.8 Å². The number of aromatic nitrogens is 3. The molecule has 3 rings (SSSR count). The first-order chi connectivity index (χ1) is 7.95. The van der Waals surface area contributed by atoms with Crippen molar-refractivity contribution in [3.05, 3.63) is 54.0 Å². The van der Waals surface area contributed by atoms with Crippen LogP contribution in [0.1, 0.15) is 0 Å². The summed E-state index contributed by atoms with van der Waals surface area (Å²) in [5.41, 5.74) is 2.06. The van der Waals surface area contributed by atoms with E-state index in [1.54, 1.807) is 17.5 Å². The van der Waals surface area contributed by atoms with Gasteiger partial charge in [-0.15, -0.1) is 16.4 Å². The molecule has 2 aromatic heterocycles. The monoisotopic (exact) mass is 227 g/mol. The molecule has 2 heterocycles. The number of para-hydroxylation sites is 1. The molecule has 0 radical (unpaired) electrons. The van der Waals surface area contributed by atoms with E-state index in [1.165, 1.54) is 4.88 Å². The van der Waals surface area contributed by atoms with Crippen molar-refractivity contribution in [2.75, 3.05) is 0 Å². The lowest BCUT2D eigenvalue weighted by molar-refractivity contribution is 0.809. The first-order valence-electron chi connectivity index (χ1n) is 4.95. The van der Waals surface area contributed by atoms with Crippen molar-refractivity contribution in [2.24, 2.45) is 0 Å². The predicted molar refractivity (Wildman–Crippen MR) is 64.7 cm³/mol. The lowest BCUT2D eigenvalue weighted by atomic mass is 10.3. The molecule has 3 aromatic rings. The minimum Gasteiger partial charge on any atom is -0.212 e. The van der Waals surface area contributed by atoms with Crippen molar-refractivity contribution >= 4 is 11.3 Å². The lowest BCUT2D eigenvalue weighted by Gasteiger charge is -2.03. The molecule has 0 fully saturated rings. The maximum atomic E-state index is 4.12. The average molecular weight is 227 g/mol. The summed E-state index contributed by atoms with van der Waals surface area (Å²) in [5.74, 6) is 0. The largest absolute Gasteiger partial charge is 0.212 e. The Kier molecular flexibility index (Phi) is 2.27. The summed E-state index contributed by atoms with van der Waals surface area (Å²) >= 11 is 1.69. The van der Waals surface area contributed by atoms with E-state index in [1.807, 2.05) is 41.1 Å². The highest BCUT2D eigenvalue weighted by molar-refractivity contribution is 7.13. The maximum absolute atomic E-state index is 4.12. The smallest absolute Gasteiger partial charge is 0.104 e. The third-order valence-electron chi connectivity index (χ3n) is 2.32. The van der Waals surface area contributed by atoms with Gasteiger partial charge >= 0.3 is 0 Å². The van der Waals surface area contributed by atoms with Gasteiger partial charge in [-0.3, -0.25) is 0 Å². The van der Waals surface area contributed by atoms with Crippen LogP contribution in [0.4, 0.5) is 0 Å². The van der Waals surface area contributed by atoms with E-state index < -0.39 is 0 Å². The number of hydrogen-bond donors (Lipinski definition) is 0. The van der Waals surface area contributed by atoms with Crippen LogP contribution in [0.5, 0.6) is 0 Å². The predicted octanol–water partition coefficient (Wildman–Crippen LogP) is 3.00. The van der Waals surface area contributed by atoms with Crippen molar-refractivity contribution in [3.63, 3.8) is 0 Å². The highest BCUT2D eigenvalue weighted by Crippen LogP contribution is 2.25. The number of thiophene rings is 1. The zero-order valence-corrected chi connectivity index (χ0v) is 9.26. The van der Waals surface area contributed by atoms with Gasteiger partial charge in [0.25, 0.3) is 0 Å². The molecule has 16 heavy (non-hydrogen) atoms. The number of nitrogens with zero attached hydrogens (tertiary/aromatic N) is 3. The number of hydrogen-bond acceptors (Lipinski definition) is 3. The summed E-state index contributed by atoms with van der Waals surface area (Å²) in [6.45, 7) is 0. The second kappa shape index (κ2) is 3.90. The number of rotatable bonds is 2. The minimum absolute atomic E-state index is 1.03. The highest BCUT2D eigenvalue weighted by atomic mass is 32.1. The van der Waals surface area contributed by atoms with Gasteiger partial charge in [0, 0.05) is 0 Å². The third kappa shape index (κ3) is 1.53. The molecule has 0 atom stereocenters. The van der Waals surface area contributed by atoms with Crippen molar-refractivity contribution < 1.29 is 0 Å². The summed E-state index contributed by atoms with van der Waals surface area (Å²) in [4.78, 5) is 1.17. The van der Waals surface area contributed by atoms with Crippen LogP contribution in [0.3, 0.4) is 0 Å². The van der Waals surface area contributed by atoms with Gasteiger partial charge in [0.15, 0.2) is 0 Å². The van der Waals surface area contributed by atoms with Crippen LogP contribution < -0.4 is 0 Å². The zero-order chi connectivity index (χ0) is 10.8. The van der Waals surface area contributed by atoms with E-state index in [9.17, 15) is 0 Å². The van der Waals surface area contributed by atoms with E-state index in [0.29, 0.717) is 0 Å². The molecular weight excluding hydrogens is 218 g/mol. The standard InChI is InChI=1S/C12H9N3S/c1-2-5-10(6-3-1)15-11(9-13-14-15)12-7-4-8-16-12/h1-9H. The topological polar surface area (TPSA) is 30.7 Å². The molecule has 0 spiro atoms. The summed E-state index contributed by atoms with van der Waals surface area (Å²) < 4.78 is 1.85. The van der Waals surface area contributed by atoms with Crippen LogP contribution in [-0.2, 0) is 0 Å². The van der Waals surface area contributed by atoms with Gasteiger partial charge < -0.3 is 0 Å². The minimum atomic E-state index is 1.03. The number of benzene rings is 1. The van der Waals surface area contributed by atoms with E-state index in [0.717, 1.165) is 11.4 Å². The Morgan fingerprint density at radius 2 is 1.88 bits per heavy atom. The second-order valence-corrected chi connectivity index (χ2v) is 4.29. The third-order valence-corrected chi connectivity index (χ3v) is 3.22. The second-order valence-electron chi connectivity index (χ2n) is 3.34. The fraction of sp³-hybridized carbons (Fsp3) is 0. The van der Waals surface area contributed by atoms with Crippen LogP contribution in [0.2, 0.25) is 0 Å². The molecule has 0 aliphatic carbocycles. The Bertz CT molecular complexity index is 569. The van der Waals surface area contributed by atoms with Crippen LogP contribution >= 0.6 is 11.3 Å². The Morgan fingerprint density at radius 3 is 2.62 bits per heavy atom. The first kappa shape index (κ1) is 9.30.